The van der Waals surface area contributed by atoms with Crippen LogP contribution in [0.3, 0.4) is 0 Å². The minimum Gasteiger partial charge on any atom is -0.395 e. The van der Waals surface area contributed by atoms with E-state index in [0.717, 1.165) is 26.1 Å². The summed E-state index contributed by atoms with van der Waals surface area (Å²) in [6, 6.07) is 0.543. The minimum absolute atomic E-state index is 0.161. The van der Waals surface area contributed by atoms with Crippen molar-refractivity contribution in [1.82, 2.24) is 10.2 Å². The summed E-state index contributed by atoms with van der Waals surface area (Å²) in [7, 11) is 3.77. The summed E-state index contributed by atoms with van der Waals surface area (Å²) in [4.78, 5) is 2.20. The standard InChI is InChI=1S/C11H26N2O2/c1-5-6-12-11(8-14)7-13(3)10(2)9-15-4/h10-12,14H,5-9H2,1-4H3. The Morgan fingerprint density at radius 3 is 2.60 bits per heavy atom. The Labute approximate surface area is 93.6 Å². The Morgan fingerprint density at radius 2 is 2.13 bits per heavy atom. The average molecular weight is 218 g/mol. The number of nitrogens with zero attached hydrogens (tertiary/aromatic N) is 1. The summed E-state index contributed by atoms with van der Waals surface area (Å²) in [5, 5.41) is 12.5. The molecule has 0 aliphatic heterocycles. The van der Waals surface area contributed by atoms with Crippen LogP contribution in [0.1, 0.15) is 20.3 Å². The van der Waals surface area contributed by atoms with Crippen LogP contribution in [-0.4, -0.2) is 62.6 Å². The van der Waals surface area contributed by atoms with E-state index in [0.29, 0.717) is 6.04 Å². The fourth-order valence-electron chi connectivity index (χ4n) is 1.43. The number of aliphatic hydroxyl groups is 1. The molecule has 2 atom stereocenters. The summed E-state index contributed by atoms with van der Waals surface area (Å²) in [5.41, 5.74) is 0. The molecule has 0 saturated carbocycles. The number of hydrogen-bond acceptors (Lipinski definition) is 4. The van der Waals surface area contributed by atoms with Gasteiger partial charge in [0.25, 0.3) is 0 Å². The van der Waals surface area contributed by atoms with Gasteiger partial charge in [-0.25, -0.2) is 0 Å². The van der Waals surface area contributed by atoms with Crippen molar-refractivity contribution in [3.63, 3.8) is 0 Å². The Kier molecular flexibility index (Phi) is 9.00. The zero-order valence-electron chi connectivity index (χ0n) is 10.5. The summed E-state index contributed by atoms with van der Waals surface area (Å²) in [6.07, 6.45) is 1.09. The molecule has 0 aromatic heterocycles. The van der Waals surface area contributed by atoms with Gasteiger partial charge in [0.15, 0.2) is 0 Å². The normalized spacial score (nSPS) is 15.6. The first-order valence-corrected chi connectivity index (χ1v) is 5.69. The van der Waals surface area contributed by atoms with E-state index >= 15 is 0 Å². The van der Waals surface area contributed by atoms with E-state index in [2.05, 4.69) is 31.1 Å². The molecule has 0 aliphatic rings. The van der Waals surface area contributed by atoms with Gasteiger partial charge in [0.1, 0.15) is 0 Å². The number of rotatable bonds is 9. The predicted octanol–water partition coefficient (Wildman–Crippen LogP) is 0.314. The molecule has 0 aromatic carbocycles. The van der Waals surface area contributed by atoms with E-state index in [1.54, 1.807) is 7.11 Å². The highest BCUT2D eigenvalue weighted by molar-refractivity contribution is 4.72. The number of ether oxygens (including phenoxy) is 1. The SMILES string of the molecule is CCCNC(CO)CN(C)C(C)COC. The second kappa shape index (κ2) is 9.09. The van der Waals surface area contributed by atoms with Crippen molar-refractivity contribution in [2.75, 3.05) is 40.5 Å². The lowest BCUT2D eigenvalue weighted by Crippen LogP contribution is -2.46. The Balaban J connectivity index is 3.83. The fourth-order valence-corrected chi connectivity index (χ4v) is 1.43. The summed E-state index contributed by atoms with van der Waals surface area (Å²) in [6.45, 7) is 6.96. The second-order valence-electron chi connectivity index (χ2n) is 4.08. The van der Waals surface area contributed by atoms with Gasteiger partial charge >= 0.3 is 0 Å². The summed E-state index contributed by atoms with van der Waals surface area (Å²) < 4.78 is 5.10. The zero-order valence-corrected chi connectivity index (χ0v) is 10.5. The van der Waals surface area contributed by atoms with E-state index in [1.807, 2.05) is 0 Å². The van der Waals surface area contributed by atoms with Gasteiger partial charge in [-0.3, -0.25) is 4.90 Å². The van der Waals surface area contributed by atoms with E-state index in [1.165, 1.54) is 0 Å². The first kappa shape index (κ1) is 14.8. The van der Waals surface area contributed by atoms with Crippen LogP contribution in [0.25, 0.3) is 0 Å². The molecule has 0 spiro atoms. The topological polar surface area (TPSA) is 44.7 Å². The number of nitrogens with one attached hydrogen (secondary N) is 1. The molecule has 0 heterocycles. The molecular formula is C11H26N2O2. The molecule has 4 nitrogen and oxygen atoms in total. The van der Waals surface area contributed by atoms with Gasteiger partial charge in [-0.15, -0.1) is 0 Å². The molecule has 0 aliphatic carbocycles. The summed E-state index contributed by atoms with van der Waals surface area (Å²) >= 11 is 0. The lowest BCUT2D eigenvalue weighted by atomic mass is 10.2. The van der Waals surface area contributed by atoms with Crippen LogP contribution in [0.5, 0.6) is 0 Å². The van der Waals surface area contributed by atoms with Crippen molar-refractivity contribution in [1.29, 1.82) is 0 Å². The number of aliphatic hydroxyl groups excluding tert-OH is 1. The van der Waals surface area contributed by atoms with Crippen molar-refractivity contribution in [3.05, 3.63) is 0 Å². The van der Waals surface area contributed by atoms with Crippen molar-refractivity contribution in [2.45, 2.75) is 32.4 Å². The van der Waals surface area contributed by atoms with E-state index < -0.39 is 0 Å². The minimum atomic E-state index is 0.161. The third-order valence-corrected chi connectivity index (χ3v) is 2.57. The van der Waals surface area contributed by atoms with Crippen LogP contribution < -0.4 is 5.32 Å². The van der Waals surface area contributed by atoms with Gasteiger partial charge in [-0.1, -0.05) is 6.92 Å². The van der Waals surface area contributed by atoms with E-state index in [-0.39, 0.29) is 12.6 Å². The monoisotopic (exact) mass is 218 g/mol. The van der Waals surface area contributed by atoms with Gasteiger partial charge < -0.3 is 15.2 Å². The maximum Gasteiger partial charge on any atom is 0.0615 e. The van der Waals surface area contributed by atoms with Gasteiger partial charge in [-0.05, 0) is 26.9 Å². The lowest BCUT2D eigenvalue weighted by molar-refractivity contribution is 0.101. The quantitative estimate of drug-likeness (QED) is 0.585. The molecule has 92 valence electrons. The van der Waals surface area contributed by atoms with Gasteiger partial charge in [-0.2, -0.15) is 0 Å². The first-order valence-electron chi connectivity index (χ1n) is 5.69. The maximum absolute atomic E-state index is 9.19. The van der Waals surface area contributed by atoms with E-state index in [9.17, 15) is 5.11 Å². The molecule has 2 unspecified atom stereocenters. The van der Waals surface area contributed by atoms with Gasteiger partial charge in [0, 0.05) is 25.7 Å². The molecular weight excluding hydrogens is 192 g/mol. The predicted molar refractivity (Wildman–Crippen MR) is 63.1 cm³/mol. The Bertz CT molecular complexity index is 145. The molecule has 0 fully saturated rings. The van der Waals surface area contributed by atoms with Crippen LogP contribution in [0.4, 0.5) is 0 Å². The van der Waals surface area contributed by atoms with Crippen molar-refractivity contribution in [3.8, 4) is 0 Å². The molecule has 0 aromatic rings. The molecule has 15 heavy (non-hydrogen) atoms. The van der Waals surface area contributed by atoms with Gasteiger partial charge in [0.05, 0.1) is 13.2 Å². The maximum atomic E-state index is 9.19. The molecule has 0 bridgehead atoms. The highest BCUT2D eigenvalue weighted by atomic mass is 16.5. The molecule has 0 radical (unpaired) electrons. The molecule has 0 amide bonds. The third kappa shape index (κ3) is 6.84. The number of likely N-dealkylation sites (N-methyl/N-ethyl adjacent to an activating group) is 1. The first-order chi connectivity index (χ1) is 7.15. The number of hydrogen-bond donors (Lipinski definition) is 2. The van der Waals surface area contributed by atoms with Crippen molar-refractivity contribution < 1.29 is 9.84 Å². The van der Waals surface area contributed by atoms with Crippen LogP contribution in [-0.2, 0) is 4.74 Å². The van der Waals surface area contributed by atoms with Crippen molar-refractivity contribution in [2.24, 2.45) is 0 Å². The molecule has 2 N–H and O–H groups in total. The Hall–Kier alpha value is -0.160. The van der Waals surface area contributed by atoms with Crippen LogP contribution in [0.15, 0.2) is 0 Å². The van der Waals surface area contributed by atoms with Gasteiger partial charge in [0.2, 0.25) is 0 Å². The zero-order chi connectivity index (χ0) is 11.7. The average Bonchev–Trinajstić information content (AvgIpc) is 2.24. The molecule has 4 heteroatoms. The molecule has 0 saturated heterocycles. The number of methoxy groups -OCH3 is 1. The highest BCUT2D eigenvalue weighted by Crippen LogP contribution is 1.98. The lowest BCUT2D eigenvalue weighted by Gasteiger charge is -2.28. The largest absolute Gasteiger partial charge is 0.395 e. The van der Waals surface area contributed by atoms with Crippen LogP contribution >= 0.6 is 0 Å². The second-order valence-corrected chi connectivity index (χ2v) is 4.08. The van der Waals surface area contributed by atoms with E-state index in [4.69, 9.17) is 4.74 Å². The molecule has 0 rings (SSSR count). The highest BCUT2D eigenvalue weighted by Gasteiger charge is 2.14. The smallest absolute Gasteiger partial charge is 0.0615 e. The Morgan fingerprint density at radius 1 is 1.47 bits per heavy atom. The van der Waals surface area contributed by atoms with Crippen LogP contribution in [0, 0.1) is 0 Å². The van der Waals surface area contributed by atoms with Crippen molar-refractivity contribution >= 4 is 0 Å². The summed E-state index contributed by atoms with van der Waals surface area (Å²) in [5.74, 6) is 0. The fraction of sp³-hybridized carbons (Fsp3) is 1.00. The van der Waals surface area contributed by atoms with Crippen LogP contribution in [0.2, 0.25) is 0 Å². The third-order valence-electron chi connectivity index (χ3n) is 2.57.